The highest BCUT2D eigenvalue weighted by Gasteiger charge is 2.35. The third kappa shape index (κ3) is 4.84. The molecule has 5 nitrogen and oxygen atoms in total. The second kappa shape index (κ2) is 7.88. The van der Waals surface area contributed by atoms with Crippen molar-refractivity contribution in [2.45, 2.75) is 24.8 Å². The number of nitrogens with zero attached hydrogens (tertiary/aromatic N) is 1. The largest absolute Gasteiger partial charge is 0.487 e. The molecule has 0 fully saturated rings. The number of ether oxygens (including phenoxy) is 2. The quantitative estimate of drug-likeness (QED) is 0.570. The van der Waals surface area contributed by atoms with Gasteiger partial charge in [-0.25, -0.2) is 4.98 Å². The smallest absolute Gasteiger partial charge is 0.433 e. The van der Waals surface area contributed by atoms with E-state index >= 15 is 0 Å². The number of rotatable bonds is 4. The number of hydrogen-bond acceptors (Lipinski definition) is 4. The minimum Gasteiger partial charge on any atom is -0.487 e. The second-order valence-electron chi connectivity index (χ2n) is 6.36. The number of nitrogens with one attached hydrogen (secondary N) is 1. The molecule has 1 amide bonds. The molecule has 0 spiro atoms. The summed E-state index contributed by atoms with van der Waals surface area (Å²) in [5.41, 5.74) is -2.08. The van der Waals surface area contributed by atoms with Crippen LogP contribution in [0.25, 0.3) is 0 Å². The van der Waals surface area contributed by atoms with Crippen molar-refractivity contribution in [1.29, 1.82) is 0 Å². The molecule has 2 heterocycles. The van der Waals surface area contributed by atoms with Gasteiger partial charge in [0.1, 0.15) is 18.1 Å². The molecular weight excluding hydrogens is 418 g/mol. The van der Waals surface area contributed by atoms with Crippen molar-refractivity contribution in [3.63, 3.8) is 0 Å². The number of alkyl halides is 6. The number of aromatic nitrogens is 1. The van der Waals surface area contributed by atoms with Crippen LogP contribution in [0.5, 0.6) is 17.2 Å². The molecule has 1 aromatic heterocycles. The number of pyridine rings is 1. The van der Waals surface area contributed by atoms with E-state index in [1.807, 2.05) is 0 Å². The molecule has 1 atom stereocenters. The number of carbonyl (C=O) groups is 1. The second-order valence-corrected chi connectivity index (χ2v) is 6.36. The Labute approximate surface area is 166 Å². The van der Waals surface area contributed by atoms with Crippen molar-refractivity contribution in [3.05, 3.63) is 59.9 Å². The molecule has 1 N–H and O–H groups in total. The van der Waals surface area contributed by atoms with Gasteiger partial charge in [-0.1, -0.05) is 6.58 Å². The average molecular weight is 432 g/mol. The number of amides is 1. The van der Waals surface area contributed by atoms with Gasteiger partial charge in [0, 0.05) is 5.56 Å². The molecule has 11 heteroatoms. The number of benzene rings is 1. The first-order chi connectivity index (χ1) is 14.0. The summed E-state index contributed by atoms with van der Waals surface area (Å²) in [5.74, 6) is -1.02. The summed E-state index contributed by atoms with van der Waals surface area (Å²) >= 11 is 0. The Morgan fingerprint density at radius 1 is 1.20 bits per heavy atom. The molecule has 0 radical (unpaired) electrons. The molecular formula is C19H14F6N2O3. The molecule has 1 unspecified atom stereocenters. The maximum absolute atomic E-state index is 13.3. The lowest BCUT2D eigenvalue weighted by Crippen LogP contribution is -2.42. The van der Waals surface area contributed by atoms with Gasteiger partial charge in [-0.2, -0.15) is 26.3 Å². The van der Waals surface area contributed by atoms with E-state index < -0.39 is 35.6 Å². The summed E-state index contributed by atoms with van der Waals surface area (Å²) in [5, 5.41) is 2.54. The zero-order chi connectivity index (χ0) is 22.1. The summed E-state index contributed by atoms with van der Waals surface area (Å²) in [4.78, 5) is 14.7. The molecule has 1 aromatic carbocycles. The average Bonchev–Trinajstić information content (AvgIpc) is 2.66. The van der Waals surface area contributed by atoms with Crippen molar-refractivity contribution >= 4 is 5.91 Å². The maximum Gasteiger partial charge on any atom is 0.433 e. The molecule has 2 aromatic rings. The van der Waals surface area contributed by atoms with Crippen LogP contribution in [0.4, 0.5) is 26.3 Å². The Morgan fingerprint density at radius 3 is 2.50 bits per heavy atom. The van der Waals surface area contributed by atoms with Gasteiger partial charge >= 0.3 is 12.4 Å². The highest BCUT2D eigenvalue weighted by atomic mass is 19.4. The lowest BCUT2D eigenvalue weighted by molar-refractivity contribution is -0.141. The maximum atomic E-state index is 13.3. The number of carbonyl (C=O) groups excluding carboxylic acids is 1. The van der Waals surface area contributed by atoms with Crippen LogP contribution in [0.2, 0.25) is 0 Å². The van der Waals surface area contributed by atoms with E-state index in [2.05, 4.69) is 16.9 Å². The SMILES string of the molecule is C=CC(=O)NC1COc2c(cc(C(F)(F)F)cc2Oc2ccc(C(F)(F)F)nc2)C1. The number of fused-ring (bicyclic) bond motifs is 1. The zero-order valence-electron chi connectivity index (χ0n) is 15.1. The standard InChI is InChI=1S/C19H14F6N2O3/c1-2-16(28)27-12-6-10-5-11(18(20,21)22)7-14(17(10)29-9-12)30-13-3-4-15(26-8-13)19(23,24)25/h2-5,7-8,12H,1,6,9H2,(H,27,28). The van der Waals surface area contributed by atoms with E-state index in [-0.39, 0.29) is 35.8 Å². The Balaban J connectivity index is 1.93. The molecule has 30 heavy (non-hydrogen) atoms. The van der Waals surface area contributed by atoms with Crippen LogP contribution in [0, 0.1) is 0 Å². The molecule has 0 saturated carbocycles. The minimum atomic E-state index is -4.71. The monoisotopic (exact) mass is 432 g/mol. The van der Waals surface area contributed by atoms with Gasteiger partial charge < -0.3 is 14.8 Å². The zero-order valence-corrected chi connectivity index (χ0v) is 15.1. The summed E-state index contributed by atoms with van der Waals surface area (Å²) in [6, 6.07) is 2.57. The Morgan fingerprint density at radius 2 is 1.93 bits per heavy atom. The van der Waals surface area contributed by atoms with Crippen LogP contribution in [0.1, 0.15) is 16.8 Å². The summed E-state index contributed by atoms with van der Waals surface area (Å²) in [6.45, 7) is 3.26. The van der Waals surface area contributed by atoms with E-state index in [1.165, 1.54) is 0 Å². The third-order valence-corrected chi connectivity index (χ3v) is 4.14. The first kappa shape index (κ1) is 21.5. The summed E-state index contributed by atoms with van der Waals surface area (Å²) in [7, 11) is 0. The van der Waals surface area contributed by atoms with Crippen LogP contribution in [0.15, 0.2) is 43.1 Å². The Bertz CT molecular complexity index is 954. The van der Waals surface area contributed by atoms with Crippen molar-refractivity contribution < 1.29 is 40.6 Å². The molecule has 0 bridgehead atoms. The van der Waals surface area contributed by atoms with E-state index in [9.17, 15) is 31.1 Å². The molecule has 3 rings (SSSR count). The van der Waals surface area contributed by atoms with Crippen molar-refractivity contribution in [3.8, 4) is 17.2 Å². The van der Waals surface area contributed by atoms with Crippen molar-refractivity contribution in [1.82, 2.24) is 10.3 Å². The third-order valence-electron chi connectivity index (χ3n) is 4.14. The fraction of sp³-hybridized carbons (Fsp3) is 0.263. The Kier molecular flexibility index (Phi) is 5.64. The number of hydrogen-bond donors (Lipinski definition) is 1. The predicted molar refractivity (Wildman–Crippen MR) is 92.1 cm³/mol. The van der Waals surface area contributed by atoms with Gasteiger partial charge in [0.2, 0.25) is 5.91 Å². The van der Waals surface area contributed by atoms with Gasteiger partial charge in [-0.05, 0) is 36.8 Å². The number of halogens is 6. The highest BCUT2D eigenvalue weighted by Crippen LogP contribution is 2.43. The van der Waals surface area contributed by atoms with E-state index in [0.717, 1.165) is 24.4 Å². The fourth-order valence-electron chi connectivity index (χ4n) is 2.81. The van der Waals surface area contributed by atoms with Gasteiger partial charge in [-0.15, -0.1) is 0 Å². The highest BCUT2D eigenvalue weighted by molar-refractivity contribution is 5.87. The van der Waals surface area contributed by atoms with E-state index in [0.29, 0.717) is 12.1 Å². The normalized spacial score (nSPS) is 16.3. The molecule has 1 aliphatic rings. The fourth-order valence-corrected chi connectivity index (χ4v) is 2.81. The molecule has 0 saturated heterocycles. The lowest BCUT2D eigenvalue weighted by atomic mass is 9.99. The van der Waals surface area contributed by atoms with Gasteiger partial charge in [0.15, 0.2) is 11.5 Å². The predicted octanol–water partition coefficient (Wildman–Crippen LogP) is 4.52. The minimum absolute atomic E-state index is 0.00648. The summed E-state index contributed by atoms with van der Waals surface area (Å²) in [6.07, 6.45) is -7.57. The van der Waals surface area contributed by atoms with Crippen molar-refractivity contribution in [2.75, 3.05) is 6.61 Å². The summed E-state index contributed by atoms with van der Waals surface area (Å²) < 4.78 is 88.6. The first-order valence-corrected chi connectivity index (χ1v) is 8.48. The molecule has 1 aliphatic heterocycles. The van der Waals surface area contributed by atoms with Crippen LogP contribution < -0.4 is 14.8 Å². The van der Waals surface area contributed by atoms with Crippen LogP contribution >= 0.6 is 0 Å². The van der Waals surface area contributed by atoms with Crippen LogP contribution in [-0.2, 0) is 23.6 Å². The molecule has 0 aliphatic carbocycles. The topological polar surface area (TPSA) is 60.5 Å². The first-order valence-electron chi connectivity index (χ1n) is 8.48. The Hall–Kier alpha value is -3.24. The van der Waals surface area contributed by atoms with Gasteiger partial charge in [0.05, 0.1) is 17.8 Å². The van der Waals surface area contributed by atoms with Crippen LogP contribution in [-0.4, -0.2) is 23.5 Å². The van der Waals surface area contributed by atoms with Crippen molar-refractivity contribution in [2.24, 2.45) is 0 Å². The lowest BCUT2D eigenvalue weighted by Gasteiger charge is -2.28. The van der Waals surface area contributed by atoms with E-state index in [1.54, 1.807) is 0 Å². The van der Waals surface area contributed by atoms with E-state index in [4.69, 9.17) is 9.47 Å². The molecule has 160 valence electrons. The van der Waals surface area contributed by atoms with Gasteiger partial charge in [0.25, 0.3) is 0 Å². The van der Waals surface area contributed by atoms with Crippen LogP contribution in [0.3, 0.4) is 0 Å². The van der Waals surface area contributed by atoms with Gasteiger partial charge in [-0.3, -0.25) is 4.79 Å².